The molecule has 2 aliphatic rings. The van der Waals surface area contributed by atoms with E-state index in [1.807, 2.05) is 6.20 Å². The molecule has 0 unspecified atom stereocenters. The number of aromatic nitrogens is 1. The number of nitrogens with zero attached hydrogens (tertiary/aromatic N) is 1. The summed E-state index contributed by atoms with van der Waals surface area (Å²) in [6.45, 7) is 1.59. The Morgan fingerprint density at radius 1 is 1.36 bits per heavy atom. The lowest BCUT2D eigenvalue weighted by Gasteiger charge is -2.40. The standard InChI is InChI=1S/C16H25N3O2S/c1-10(20)19-12-7-13(11-5-3-2-4-6-11)21-14(8-12)15-9-18-16(17)22-15/h9,11-14H,2-8H2,1H3,(H2,17,18)(H,19,20)/t12-,13-,14+/m0/s1. The van der Waals surface area contributed by atoms with E-state index in [2.05, 4.69) is 10.3 Å². The fraction of sp³-hybridized carbons (Fsp3) is 0.750. The van der Waals surface area contributed by atoms with Gasteiger partial charge in [-0.15, -0.1) is 0 Å². The molecule has 0 radical (unpaired) electrons. The van der Waals surface area contributed by atoms with Gasteiger partial charge >= 0.3 is 0 Å². The van der Waals surface area contributed by atoms with E-state index in [4.69, 9.17) is 10.5 Å². The Hall–Kier alpha value is -1.14. The number of hydrogen-bond acceptors (Lipinski definition) is 5. The molecule has 3 rings (SSSR count). The van der Waals surface area contributed by atoms with E-state index < -0.39 is 0 Å². The van der Waals surface area contributed by atoms with Crippen LogP contribution in [0.2, 0.25) is 0 Å². The molecule has 2 fully saturated rings. The highest BCUT2D eigenvalue weighted by molar-refractivity contribution is 7.15. The Bertz CT molecular complexity index is 513. The minimum absolute atomic E-state index is 0.00678. The highest BCUT2D eigenvalue weighted by atomic mass is 32.1. The van der Waals surface area contributed by atoms with Gasteiger partial charge in [0.25, 0.3) is 0 Å². The van der Waals surface area contributed by atoms with Gasteiger partial charge < -0.3 is 15.8 Å². The molecule has 1 aromatic heterocycles. The summed E-state index contributed by atoms with van der Waals surface area (Å²) in [7, 11) is 0. The van der Waals surface area contributed by atoms with Crippen LogP contribution in [0.25, 0.3) is 0 Å². The van der Waals surface area contributed by atoms with Gasteiger partial charge in [-0.2, -0.15) is 0 Å². The lowest BCUT2D eigenvalue weighted by atomic mass is 9.81. The third kappa shape index (κ3) is 3.79. The molecular formula is C16H25N3O2S. The second kappa shape index (κ2) is 6.96. The number of carbonyl (C=O) groups is 1. The van der Waals surface area contributed by atoms with E-state index >= 15 is 0 Å². The van der Waals surface area contributed by atoms with E-state index in [0.717, 1.165) is 17.7 Å². The number of amides is 1. The van der Waals surface area contributed by atoms with Crippen molar-refractivity contribution in [2.75, 3.05) is 5.73 Å². The van der Waals surface area contributed by atoms with Gasteiger partial charge in [-0.1, -0.05) is 30.6 Å². The number of carbonyl (C=O) groups excluding carboxylic acids is 1. The summed E-state index contributed by atoms with van der Waals surface area (Å²) >= 11 is 1.49. The van der Waals surface area contributed by atoms with Crippen molar-refractivity contribution < 1.29 is 9.53 Å². The Kier molecular flexibility index (Phi) is 4.98. The van der Waals surface area contributed by atoms with Crippen molar-refractivity contribution in [2.45, 2.75) is 70.1 Å². The molecule has 5 nitrogen and oxygen atoms in total. The Balaban J connectivity index is 1.73. The average molecular weight is 323 g/mol. The maximum atomic E-state index is 11.5. The first-order chi connectivity index (χ1) is 10.6. The fourth-order valence-corrected chi connectivity index (χ4v) is 4.54. The summed E-state index contributed by atoms with van der Waals surface area (Å²) in [4.78, 5) is 16.7. The number of nitrogens with one attached hydrogen (secondary N) is 1. The molecule has 1 aromatic rings. The van der Waals surface area contributed by atoms with Crippen LogP contribution in [0.15, 0.2) is 6.20 Å². The van der Waals surface area contributed by atoms with Gasteiger partial charge in [0.1, 0.15) is 0 Å². The van der Waals surface area contributed by atoms with Crippen LogP contribution in [0.3, 0.4) is 0 Å². The van der Waals surface area contributed by atoms with Crippen LogP contribution in [-0.4, -0.2) is 23.0 Å². The van der Waals surface area contributed by atoms with E-state index in [1.165, 1.54) is 43.4 Å². The molecular weight excluding hydrogens is 298 g/mol. The average Bonchev–Trinajstić information content (AvgIpc) is 2.94. The number of anilines is 1. The first-order valence-corrected chi connectivity index (χ1v) is 9.07. The lowest BCUT2D eigenvalue weighted by Crippen LogP contribution is -2.44. The Labute approximate surface area is 135 Å². The van der Waals surface area contributed by atoms with Crippen LogP contribution in [0, 0.1) is 5.92 Å². The molecule has 1 aliphatic carbocycles. The SMILES string of the molecule is CC(=O)N[C@H]1C[C@@H](C2CCCCC2)O[C@@H](c2cnc(N)s2)C1. The van der Waals surface area contributed by atoms with Crippen molar-refractivity contribution >= 4 is 22.4 Å². The van der Waals surface area contributed by atoms with Crippen LogP contribution >= 0.6 is 11.3 Å². The van der Waals surface area contributed by atoms with Crippen LogP contribution in [0.4, 0.5) is 5.13 Å². The third-order valence-corrected chi connectivity index (χ3v) is 5.71. The highest BCUT2D eigenvalue weighted by Crippen LogP contribution is 2.40. The number of hydrogen-bond donors (Lipinski definition) is 2. The fourth-order valence-electron chi connectivity index (χ4n) is 3.80. The Morgan fingerprint density at radius 3 is 2.77 bits per heavy atom. The number of ether oxygens (including phenoxy) is 1. The van der Waals surface area contributed by atoms with Gasteiger partial charge in [-0.25, -0.2) is 4.98 Å². The van der Waals surface area contributed by atoms with Gasteiger partial charge in [0.2, 0.25) is 5.91 Å². The molecule has 0 bridgehead atoms. The molecule has 3 N–H and O–H groups in total. The summed E-state index contributed by atoms with van der Waals surface area (Å²) < 4.78 is 6.40. The van der Waals surface area contributed by atoms with Gasteiger partial charge in [0, 0.05) is 19.2 Å². The largest absolute Gasteiger partial charge is 0.375 e. The van der Waals surface area contributed by atoms with Gasteiger partial charge in [-0.3, -0.25) is 4.79 Å². The van der Waals surface area contributed by atoms with Crippen LogP contribution < -0.4 is 11.1 Å². The van der Waals surface area contributed by atoms with Crippen molar-refractivity contribution in [1.82, 2.24) is 10.3 Å². The molecule has 1 saturated carbocycles. The smallest absolute Gasteiger partial charge is 0.217 e. The molecule has 122 valence electrons. The second-order valence-electron chi connectivity index (χ2n) is 6.53. The zero-order valence-electron chi connectivity index (χ0n) is 13.1. The van der Waals surface area contributed by atoms with Crippen molar-refractivity contribution in [2.24, 2.45) is 5.92 Å². The van der Waals surface area contributed by atoms with Crippen molar-refractivity contribution in [3.8, 4) is 0 Å². The minimum atomic E-state index is 0.00678. The molecule has 0 aromatic carbocycles. The molecule has 0 spiro atoms. The Morgan fingerprint density at radius 2 is 2.14 bits per heavy atom. The van der Waals surface area contributed by atoms with Crippen molar-refractivity contribution in [3.05, 3.63) is 11.1 Å². The monoisotopic (exact) mass is 323 g/mol. The van der Waals surface area contributed by atoms with Gasteiger partial charge in [0.05, 0.1) is 17.1 Å². The molecule has 3 atom stereocenters. The zero-order valence-corrected chi connectivity index (χ0v) is 13.9. The maximum absolute atomic E-state index is 11.5. The van der Waals surface area contributed by atoms with E-state index in [-0.39, 0.29) is 24.2 Å². The van der Waals surface area contributed by atoms with Crippen LogP contribution in [0.5, 0.6) is 0 Å². The second-order valence-corrected chi connectivity index (χ2v) is 7.62. The van der Waals surface area contributed by atoms with Gasteiger partial charge in [0.15, 0.2) is 5.13 Å². The molecule has 1 saturated heterocycles. The maximum Gasteiger partial charge on any atom is 0.217 e. The topological polar surface area (TPSA) is 77.2 Å². The molecule has 6 heteroatoms. The number of nitrogen functional groups attached to an aromatic ring is 1. The summed E-state index contributed by atoms with van der Waals surface area (Å²) in [6, 6.07) is 0.187. The molecule has 1 aliphatic heterocycles. The van der Waals surface area contributed by atoms with Crippen molar-refractivity contribution in [1.29, 1.82) is 0 Å². The quantitative estimate of drug-likeness (QED) is 0.896. The molecule has 2 heterocycles. The van der Waals surface area contributed by atoms with E-state index in [1.54, 1.807) is 6.92 Å². The lowest BCUT2D eigenvalue weighted by molar-refractivity contribution is -0.124. The highest BCUT2D eigenvalue weighted by Gasteiger charge is 2.36. The molecule has 22 heavy (non-hydrogen) atoms. The molecule has 1 amide bonds. The third-order valence-electron chi connectivity index (χ3n) is 4.80. The predicted octanol–water partition coefficient (Wildman–Crippen LogP) is 3.03. The predicted molar refractivity (Wildman–Crippen MR) is 87.6 cm³/mol. The number of thiazole rings is 1. The number of nitrogens with two attached hydrogens (primary N) is 1. The van der Waals surface area contributed by atoms with Gasteiger partial charge in [-0.05, 0) is 31.6 Å². The summed E-state index contributed by atoms with van der Waals surface area (Å²) in [5.41, 5.74) is 5.76. The van der Waals surface area contributed by atoms with Crippen LogP contribution in [0.1, 0.15) is 62.9 Å². The summed E-state index contributed by atoms with van der Waals surface area (Å²) in [6.07, 6.45) is 10.2. The summed E-state index contributed by atoms with van der Waals surface area (Å²) in [5, 5.41) is 3.67. The normalized spacial score (nSPS) is 30.1. The summed E-state index contributed by atoms with van der Waals surface area (Å²) in [5.74, 6) is 0.662. The van der Waals surface area contributed by atoms with Crippen LogP contribution in [-0.2, 0) is 9.53 Å². The zero-order chi connectivity index (χ0) is 15.5. The van der Waals surface area contributed by atoms with E-state index in [9.17, 15) is 4.79 Å². The van der Waals surface area contributed by atoms with E-state index in [0.29, 0.717) is 11.0 Å². The minimum Gasteiger partial charge on any atom is -0.375 e. The first kappa shape index (κ1) is 15.7. The number of rotatable bonds is 3. The first-order valence-electron chi connectivity index (χ1n) is 8.25. The van der Waals surface area contributed by atoms with Crippen molar-refractivity contribution in [3.63, 3.8) is 0 Å².